The summed E-state index contributed by atoms with van der Waals surface area (Å²) in [6, 6.07) is 14.7. The second kappa shape index (κ2) is 9.09. The third kappa shape index (κ3) is 5.15. The van der Waals surface area contributed by atoms with Crippen LogP contribution in [0.3, 0.4) is 0 Å². The standard InChI is InChI=1S/C22H23ClN2O4/c1-14-8-9-18(23)11-19(14)24-20(26)13-29-22(28)17-10-21(27)25(12-17)15(2)16-6-4-3-5-7-16/h3-9,11,15,17H,10,12-13H2,1-2H3,(H,24,26)/t15-,17-/m0/s1. The first-order valence-corrected chi connectivity index (χ1v) is 9.80. The molecule has 1 saturated heterocycles. The number of aryl methyl sites for hydroxylation is 1. The number of rotatable bonds is 6. The van der Waals surface area contributed by atoms with E-state index in [0.717, 1.165) is 11.1 Å². The number of likely N-dealkylation sites (tertiary alicyclic amines) is 1. The Hall–Kier alpha value is -2.86. The molecule has 152 valence electrons. The summed E-state index contributed by atoms with van der Waals surface area (Å²) in [6.45, 7) is 3.64. The zero-order chi connectivity index (χ0) is 21.0. The molecular weight excluding hydrogens is 392 g/mol. The quantitative estimate of drug-likeness (QED) is 0.730. The summed E-state index contributed by atoms with van der Waals surface area (Å²) in [5.74, 6) is -1.67. The summed E-state index contributed by atoms with van der Waals surface area (Å²) in [7, 11) is 0. The van der Waals surface area contributed by atoms with Crippen LogP contribution >= 0.6 is 11.6 Å². The van der Waals surface area contributed by atoms with Crippen molar-refractivity contribution in [3.8, 4) is 0 Å². The van der Waals surface area contributed by atoms with Crippen molar-refractivity contribution in [2.75, 3.05) is 18.5 Å². The summed E-state index contributed by atoms with van der Waals surface area (Å²) < 4.78 is 5.15. The van der Waals surface area contributed by atoms with Crippen LogP contribution in [-0.4, -0.2) is 35.8 Å². The van der Waals surface area contributed by atoms with Crippen molar-refractivity contribution < 1.29 is 19.1 Å². The fourth-order valence-corrected chi connectivity index (χ4v) is 3.52. The highest BCUT2D eigenvalue weighted by molar-refractivity contribution is 6.31. The molecule has 0 bridgehead atoms. The van der Waals surface area contributed by atoms with Gasteiger partial charge in [-0.3, -0.25) is 14.4 Å². The monoisotopic (exact) mass is 414 g/mol. The lowest BCUT2D eigenvalue weighted by Crippen LogP contribution is -2.30. The number of carbonyl (C=O) groups is 3. The number of carbonyl (C=O) groups excluding carboxylic acids is 3. The summed E-state index contributed by atoms with van der Waals surface area (Å²) >= 11 is 5.94. The van der Waals surface area contributed by atoms with Crippen molar-refractivity contribution in [3.63, 3.8) is 0 Å². The van der Waals surface area contributed by atoms with Gasteiger partial charge in [0.05, 0.1) is 12.0 Å². The molecular formula is C22H23ClN2O4. The third-order valence-electron chi connectivity index (χ3n) is 5.06. The van der Waals surface area contributed by atoms with Crippen LogP contribution < -0.4 is 5.32 Å². The van der Waals surface area contributed by atoms with E-state index < -0.39 is 24.4 Å². The molecule has 29 heavy (non-hydrogen) atoms. The second-order valence-corrected chi connectivity index (χ2v) is 7.59. The van der Waals surface area contributed by atoms with Crippen LogP contribution in [0.15, 0.2) is 48.5 Å². The van der Waals surface area contributed by atoms with Gasteiger partial charge in [0.25, 0.3) is 5.91 Å². The Morgan fingerprint density at radius 1 is 1.24 bits per heavy atom. The maximum Gasteiger partial charge on any atom is 0.311 e. The first kappa shape index (κ1) is 20.9. The summed E-state index contributed by atoms with van der Waals surface area (Å²) in [6.07, 6.45) is 0.0883. The molecule has 2 aromatic rings. The summed E-state index contributed by atoms with van der Waals surface area (Å²) in [5.41, 5.74) is 2.42. The SMILES string of the molecule is Cc1ccc(Cl)cc1NC(=O)COC(=O)[C@H]1CC(=O)N([C@@H](C)c2ccccc2)C1. The van der Waals surface area contributed by atoms with Crippen molar-refractivity contribution in [1.82, 2.24) is 4.90 Å². The fraction of sp³-hybridized carbons (Fsp3) is 0.318. The lowest BCUT2D eigenvalue weighted by atomic mass is 10.1. The zero-order valence-electron chi connectivity index (χ0n) is 16.4. The van der Waals surface area contributed by atoms with Gasteiger partial charge in [-0.15, -0.1) is 0 Å². The second-order valence-electron chi connectivity index (χ2n) is 7.15. The predicted molar refractivity (Wildman–Crippen MR) is 110 cm³/mol. The van der Waals surface area contributed by atoms with E-state index in [2.05, 4.69) is 5.32 Å². The molecule has 1 aliphatic heterocycles. The Bertz CT molecular complexity index is 916. The topological polar surface area (TPSA) is 75.7 Å². The lowest BCUT2D eigenvalue weighted by Gasteiger charge is -2.25. The van der Waals surface area contributed by atoms with Crippen molar-refractivity contribution in [2.45, 2.75) is 26.3 Å². The van der Waals surface area contributed by atoms with Gasteiger partial charge in [-0.2, -0.15) is 0 Å². The average Bonchev–Trinajstić information content (AvgIpc) is 3.10. The van der Waals surface area contributed by atoms with Crippen LogP contribution in [0.1, 0.15) is 30.5 Å². The number of nitrogens with zero attached hydrogens (tertiary/aromatic N) is 1. The molecule has 0 radical (unpaired) electrons. The average molecular weight is 415 g/mol. The maximum absolute atomic E-state index is 12.4. The molecule has 3 rings (SSSR count). The fourth-order valence-electron chi connectivity index (χ4n) is 3.35. The van der Waals surface area contributed by atoms with Gasteiger partial charge in [-0.25, -0.2) is 0 Å². The molecule has 2 aromatic carbocycles. The molecule has 2 amide bonds. The minimum atomic E-state index is -0.575. The van der Waals surface area contributed by atoms with Gasteiger partial charge < -0.3 is 15.0 Å². The number of benzene rings is 2. The van der Waals surface area contributed by atoms with Crippen LogP contribution in [-0.2, 0) is 19.1 Å². The van der Waals surface area contributed by atoms with Crippen molar-refractivity contribution in [2.24, 2.45) is 5.92 Å². The number of anilines is 1. The van der Waals surface area contributed by atoms with Crippen molar-refractivity contribution in [3.05, 3.63) is 64.7 Å². The molecule has 6 nitrogen and oxygen atoms in total. The van der Waals surface area contributed by atoms with Crippen LogP contribution in [0.5, 0.6) is 0 Å². The molecule has 1 heterocycles. The van der Waals surface area contributed by atoms with E-state index in [1.165, 1.54) is 0 Å². The van der Waals surface area contributed by atoms with Gasteiger partial charge in [0.15, 0.2) is 6.61 Å². The smallest absolute Gasteiger partial charge is 0.311 e. The first-order valence-electron chi connectivity index (χ1n) is 9.42. The minimum Gasteiger partial charge on any atom is -0.455 e. The summed E-state index contributed by atoms with van der Waals surface area (Å²) in [4.78, 5) is 38.5. The Morgan fingerprint density at radius 2 is 1.97 bits per heavy atom. The molecule has 1 aliphatic rings. The Balaban J connectivity index is 1.53. The highest BCUT2D eigenvalue weighted by Gasteiger charge is 2.38. The molecule has 0 spiro atoms. The van der Waals surface area contributed by atoms with E-state index in [-0.39, 0.29) is 24.9 Å². The molecule has 7 heteroatoms. The minimum absolute atomic E-state index is 0.0883. The Morgan fingerprint density at radius 3 is 2.69 bits per heavy atom. The predicted octanol–water partition coefficient (Wildman–Crippen LogP) is 3.74. The van der Waals surface area contributed by atoms with Gasteiger partial charge in [0, 0.05) is 23.7 Å². The lowest BCUT2D eigenvalue weighted by molar-refractivity contribution is -0.151. The highest BCUT2D eigenvalue weighted by Crippen LogP contribution is 2.29. The molecule has 0 unspecified atom stereocenters. The highest BCUT2D eigenvalue weighted by atomic mass is 35.5. The molecule has 0 saturated carbocycles. The van der Waals surface area contributed by atoms with E-state index in [0.29, 0.717) is 10.7 Å². The van der Waals surface area contributed by atoms with Crippen LogP contribution in [0, 0.1) is 12.8 Å². The van der Waals surface area contributed by atoms with Gasteiger partial charge in [-0.1, -0.05) is 48.0 Å². The third-order valence-corrected chi connectivity index (χ3v) is 5.30. The van der Waals surface area contributed by atoms with E-state index >= 15 is 0 Å². The number of nitrogens with one attached hydrogen (secondary N) is 1. The number of hydrogen-bond acceptors (Lipinski definition) is 4. The van der Waals surface area contributed by atoms with Crippen LogP contribution in [0.2, 0.25) is 5.02 Å². The van der Waals surface area contributed by atoms with E-state index in [1.807, 2.05) is 44.2 Å². The van der Waals surface area contributed by atoms with Crippen LogP contribution in [0.25, 0.3) is 0 Å². The van der Waals surface area contributed by atoms with Crippen LogP contribution in [0.4, 0.5) is 5.69 Å². The van der Waals surface area contributed by atoms with E-state index in [9.17, 15) is 14.4 Å². The number of amides is 2. The van der Waals surface area contributed by atoms with Gasteiger partial charge in [-0.05, 0) is 37.1 Å². The van der Waals surface area contributed by atoms with Gasteiger partial charge in [0.1, 0.15) is 0 Å². The van der Waals surface area contributed by atoms with Crippen molar-refractivity contribution >= 4 is 35.1 Å². The van der Waals surface area contributed by atoms with E-state index in [1.54, 1.807) is 23.1 Å². The molecule has 1 N–H and O–H groups in total. The van der Waals surface area contributed by atoms with Gasteiger partial charge in [0.2, 0.25) is 5.91 Å². The molecule has 2 atom stereocenters. The van der Waals surface area contributed by atoms with Crippen molar-refractivity contribution in [1.29, 1.82) is 0 Å². The molecule has 0 aliphatic carbocycles. The first-order chi connectivity index (χ1) is 13.8. The molecule has 1 fully saturated rings. The Kier molecular flexibility index (Phi) is 6.54. The Labute approximate surface area is 174 Å². The summed E-state index contributed by atoms with van der Waals surface area (Å²) in [5, 5.41) is 3.18. The number of halogens is 1. The number of hydrogen-bond donors (Lipinski definition) is 1. The van der Waals surface area contributed by atoms with Gasteiger partial charge >= 0.3 is 5.97 Å². The number of ether oxygens (including phenoxy) is 1. The van der Waals surface area contributed by atoms with E-state index in [4.69, 9.17) is 16.3 Å². The number of esters is 1. The largest absolute Gasteiger partial charge is 0.455 e. The normalized spacial score (nSPS) is 17.1. The molecule has 0 aromatic heterocycles. The zero-order valence-corrected chi connectivity index (χ0v) is 17.1. The maximum atomic E-state index is 12.4.